The Morgan fingerprint density at radius 3 is 2.72 bits per heavy atom. The second-order valence-electron chi connectivity index (χ2n) is 3.48. The molecule has 0 aliphatic carbocycles. The Balaban J connectivity index is 2.64. The molecule has 1 aromatic carbocycles. The number of halogens is 3. The fraction of sp³-hybridized carbons (Fsp3) is 0.455. The van der Waals surface area contributed by atoms with Crippen molar-refractivity contribution in [3.63, 3.8) is 0 Å². The van der Waals surface area contributed by atoms with Crippen LogP contribution in [0, 0.1) is 0 Å². The molecule has 1 unspecified atom stereocenters. The van der Waals surface area contributed by atoms with Crippen LogP contribution in [0.25, 0.3) is 0 Å². The lowest BCUT2D eigenvalue weighted by Crippen LogP contribution is -2.14. The van der Waals surface area contributed by atoms with E-state index in [2.05, 4.69) is 4.74 Å². The van der Waals surface area contributed by atoms with Gasteiger partial charge < -0.3 is 14.9 Å². The van der Waals surface area contributed by atoms with Crippen LogP contribution in [-0.4, -0.2) is 35.3 Å². The molecule has 0 saturated carbocycles. The Morgan fingerprint density at radius 1 is 1.39 bits per heavy atom. The highest BCUT2D eigenvalue weighted by Gasteiger charge is 2.11. The molecule has 0 saturated heterocycles. The van der Waals surface area contributed by atoms with Crippen LogP contribution in [0.4, 0.5) is 8.78 Å². The van der Waals surface area contributed by atoms with E-state index in [-0.39, 0.29) is 12.4 Å². The summed E-state index contributed by atoms with van der Waals surface area (Å²) in [7, 11) is 0. The molecule has 0 bridgehead atoms. The van der Waals surface area contributed by atoms with Crippen molar-refractivity contribution in [3.05, 3.63) is 28.8 Å². The van der Waals surface area contributed by atoms with E-state index >= 15 is 0 Å². The smallest absolute Gasteiger partial charge is 0.387 e. The summed E-state index contributed by atoms with van der Waals surface area (Å²) in [6, 6.07) is 4.39. The predicted octanol–water partition coefficient (Wildman–Crippen LogP) is 2.53. The zero-order valence-corrected chi connectivity index (χ0v) is 10.9. The maximum absolute atomic E-state index is 12.2. The molecule has 2 N–H and O–H groups in total. The summed E-state index contributed by atoms with van der Waals surface area (Å²) in [5.74, 6) is 0.733. The first-order valence-corrected chi connectivity index (χ1v) is 6.66. The number of alkyl halides is 2. The predicted molar refractivity (Wildman–Crippen MR) is 67.3 cm³/mol. The van der Waals surface area contributed by atoms with Gasteiger partial charge in [-0.25, -0.2) is 0 Å². The summed E-state index contributed by atoms with van der Waals surface area (Å²) < 4.78 is 28.7. The fourth-order valence-corrected chi connectivity index (χ4v) is 2.36. The molecule has 0 spiro atoms. The molecule has 0 fully saturated rings. The van der Waals surface area contributed by atoms with Crippen molar-refractivity contribution in [1.82, 2.24) is 0 Å². The minimum absolute atomic E-state index is 0.0698. The van der Waals surface area contributed by atoms with Crippen LogP contribution in [0.3, 0.4) is 0 Å². The van der Waals surface area contributed by atoms with Crippen molar-refractivity contribution in [2.75, 3.05) is 12.4 Å². The van der Waals surface area contributed by atoms with Crippen molar-refractivity contribution in [2.24, 2.45) is 0 Å². The number of thioether (sulfide) groups is 1. The number of hydrogen-bond acceptors (Lipinski definition) is 4. The number of aliphatic hydroxyl groups is 2. The lowest BCUT2D eigenvalue weighted by molar-refractivity contribution is -0.0503. The van der Waals surface area contributed by atoms with Crippen LogP contribution in [0.1, 0.15) is 5.56 Å². The second-order valence-corrected chi connectivity index (χ2v) is 4.95. The Hall–Kier alpha value is -0.560. The molecule has 1 atom stereocenters. The highest BCUT2D eigenvalue weighted by atomic mass is 35.5. The van der Waals surface area contributed by atoms with E-state index in [0.717, 1.165) is 0 Å². The normalized spacial score (nSPS) is 12.8. The van der Waals surface area contributed by atoms with Crippen molar-refractivity contribution in [3.8, 4) is 5.75 Å². The van der Waals surface area contributed by atoms with Crippen LogP contribution < -0.4 is 4.74 Å². The van der Waals surface area contributed by atoms with Crippen molar-refractivity contribution < 1.29 is 23.7 Å². The van der Waals surface area contributed by atoms with Gasteiger partial charge in [0.05, 0.1) is 12.7 Å². The highest BCUT2D eigenvalue weighted by Crippen LogP contribution is 2.28. The van der Waals surface area contributed by atoms with Gasteiger partial charge in [0.15, 0.2) is 0 Å². The average Bonchev–Trinajstić information content (AvgIpc) is 2.31. The first-order valence-electron chi connectivity index (χ1n) is 5.13. The molecule has 1 rings (SSSR count). The van der Waals surface area contributed by atoms with Crippen molar-refractivity contribution in [1.29, 1.82) is 0 Å². The van der Waals surface area contributed by atoms with Gasteiger partial charge in [-0.15, -0.1) is 0 Å². The van der Waals surface area contributed by atoms with Gasteiger partial charge in [-0.05, 0) is 18.2 Å². The Labute approximate surface area is 113 Å². The molecule has 3 nitrogen and oxygen atoms in total. The van der Waals surface area contributed by atoms with Gasteiger partial charge in [0.2, 0.25) is 0 Å². The first-order chi connectivity index (χ1) is 8.52. The molecular weight excluding hydrogens is 286 g/mol. The lowest BCUT2D eigenvalue weighted by Gasteiger charge is -2.12. The topological polar surface area (TPSA) is 49.7 Å². The van der Waals surface area contributed by atoms with Crippen LogP contribution in [0.15, 0.2) is 18.2 Å². The molecule has 0 aliphatic heterocycles. The van der Waals surface area contributed by atoms with Crippen LogP contribution in [0.2, 0.25) is 5.02 Å². The lowest BCUT2D eigenvalue weighted by atomic mass is 10.2. The summed E-state index contributed by atoms with van der Waals surface area (Å²) >= 11 is 7.08. The minimum atomic E-state index is -2.89. The van der Waals surface area contributed by atoms with Gasteiger partial charge in [0.25, 0.3) is 0 Å². The zero-order valence-electron chi connectivity index (χ0n) is 9.35. The Kier molecular flexibility index (Phi) is 6.70. The monoisotopic (exact) mass is 298 g/mol. The summed E-state index contributed by atoms with van der Waals surface area (Å²) in [6.07, 6.45) is -0.825. The van der Waals surface area contributed by atoms with Crippen LogP contribution in [0.5, 0.6) is 5.75 Å². The summed E-state index contributed by atoms with van der Waals surface area (Å²) in [5.41, 5.74) is 0.526. The third-order valence-corrected chi connectivity index (χ3v) is 3.39. The third-order valence-electron chi connectivity index (χ3n) is 2.02. The van der Waals surface area contributed by atoms with Gasteiger partial charge in [-0.1, -0.05) is 11.6 Å². The molecule has 0 aliphatic rings. The molecule has 18 heavy (non-hydrogen) atoms. The van der Waals surface area contributed by atoms with Crippen molar-refractivity contribution in [2.45, 2.75) is 18.5 Å². The highest BCUT2D eigenvalue weighted by molar-refractivity contribution is 7.98. The minimum Gasteiger partial charge on any atom is -0.435 e. The molecule has 102 valence electrons. The summed E-state index contributed by atoms with van der Waals surface area (Å²) in [4.78, 5) is 0. The van der Waals surface area contributed by atoms with Gasteiger partial charge in [-0.2, -0.15) is 20.5 Å². The third kappa shape index (κ3) is 5.39. The van der Waals surface area contributed by atoms with Crippen LogP contribution >= 0.6 is 23.4 Å². The van der Waals surface area contributed by atoms with Gasteiger partial charge in [0.1, 0.15) is 5.75 Å². The molecule has 0 aromatic heterocycles. The molecule has 0 radical (unpaired) electrons. The summed E-state index contributed by atoms with van der Waals surface area (Å²) in [6.45, 7) is -3.22. The summed E-state index contributed by atoms with van der Waals surface area (Å²) in [5, 5.41) is 18.2. The molecule has 0 heterocycles. The molecular formula is C11H13ClF2O3S. The van der Waals surface area contributed by atoms with E-state index in [4.69, 9.17) is 21.8 Å². The van der Waals surface area contributed by atoms with E-state index in [1.807, 2.05) is 0 Å². The number of hydrogen-bond donors (Lipinski definition) is 2. The zero-order chi connectivity index (χ0) is 13.5. The first kappa shape index (κ1) is 15.5. The Morgan fingerprint density at radius 2 is 2.11 bits per heavy atom. The second kappa shape index (κ2) is 7.78. The number of rotatable bonds is 7. The molecule has 0 amide bonds. The van der Waals surface area contributed by atoms with E-state index in [1.54, 1.807) is 0 Å². The van der Waals surface area contributed by atoms with Crippen LogP contribution in [-0.2, 0) is 5.75 Å². The number of benzene rings is 1. The maximum atomic E-state index is 12.2. The number of aliphatic hydroxyl groups excluding tert-OH is 2. The van der Waals surface area contributed by atoms with E-state index in [9.17, 15) is 8.78 Å². The van der Waals surface area contributed by atoms with Gasteiger partial charge in [-0.3, -0.25) is 0 Å². The van der Waals surface area contributed by atoms with Gasteiger partial charge >= 0.3 is 6.61 Å². The van der Waals surface area contributed by atoms with E-state index in [1.165, 1.54) is 30.0 Å². The van der Waals surface area contributed by atoms with Gasteiger partial charge in [0, 0.05) is 22.1 Å². The van der Waals surface area contributed by atoms with E-state index in [0.29, 0.717) is 22.1 Å². The fourth-order valence-electron chi connectivity index (χ4n) is 1.23. The SMILES string of the molecule is OCC(O)CSCc1cc(Cl)ccc1OC(F)F. The van der Waals surface area contributed by atoms with E-state index < -0.39 is 12.7 Å². The van der Waals surface area contributed by atoms with Crippen molar-refractivity contribution >= 4 is 23.4 Å². The maximum Gasteiger partial charge on any atom is 0.387 e. The standard InChI is InChI=1S/C11H13ClF2O3S/c12-8-1-2-10(17-11(13)14)7(3-8)5-18-6-9(16)4-15/h1-3,9,11,15-16H,4-6H2. The quantitative estimate of drug-likeness (QED) is 0.812. The Bertz CT molecular complexity index is 379. The largest absolute Gasteiger partial charge is 0.435 e. The molecule has 7 heteroatoms. The molecule has 1 aromatic rings. The average molecular weight is 299 g/mol. The number of ether oxygens (including phenoxy) is 1.